The smallest absolute Gasteiger partial charge is 0.353 e. The molecule has 2 aromatic rings. The van der Waals surface area contributed by atoms with Crippen molar-refractivity contribution in [3.63, 3.8) is 0 Å². The molecule has 0 unspecified atom stereocenters. The third-order valence-corrected chi connectivity index (χ3v) is 8.47. The summed E-state index contributed by atoms with van der Waals surface area (Å²) in [5, 5.41) is 34.3. The predicted octanol–water partition coefficient (Wildman–Crippen LogP) is -1.73. The fourth-order valence-corrected chi connectivity index (χ4v) is 5.71. The van der Waals surface area contributed by atoms with E-state index in [4.69, 9.17) is 0 Å². The van der Waals surface area contributed by atoms with Crippen LogP contribution in [0.2, 0.25) is 0 Å². The van der Waals surface area contributed by atoms with Crippen molar-refractivity contribution in [2.24, 2.45) is 7.05 Å². The second-order valence-corrected chi connectivity index (χ2v) is 11.1. The summed E-state index contributed by atoms with van der Waals surface area (Å²) in [5.41, 5.74) is -0.779. The lowest BCUT2D eigenvalue weighted by atomic mass is 10.0. The molecule has 0 spiro atoms. The second-order valence-electron chi connectivity index (χ2n) is 9.59. The van der Waals surface area contributed by atoms with Crippen molar-refractivity contribution in [3.8, 4) is 5.75 Å². The number of carbonyl (C=O) groups is 7. The largest absolute Gasteiger partial charge is 0.508 e. The maximum atomic E-state index is 13.5. The molecule has 2 aliphatic heterocycles. The number of aryl methyl sites for hydroxylation is 1. The number of phenols is 1. The fraction of sp³-hybridized carbons (Fsp3) is 0.360. The lowest BCUT2D eigenvalue weighted by molar-refractivity contribution is -0.153. The standard InChI is InChI=1S/C25H27N9O9S2/c1-3-32-8-9-33(21(40)20(32)39)24(43)27-15(12-4-6-14(36)7-5-12)18(37)26-16-19(38)34(22(16)44)17(23(41)42)13(10-35)11-45-25-28-29-30-31(25)2/h4-7,10,15-16,22,36,44H,3,8-9,11H2,1-2H3,(H,26,37)(H,27,43)(H,41,42)/t15-,16-,22-/m1/s1. The van der Waals surface area contributed by atoms with Gasteiger partial charge in [0.1, 0.15) is 35.2 Å². The van der Waals surface area contributed by atoms with Gasteiger partial charge in [-0.15, -0.1) is 5.10 Å². The summed E-state index contributed by atoms with van der Waals surface area (Å²) in [6, 6.07) is 1.17. The fourth-order valence-electron chi connectivity index (χ4n) is 4.47. The average molecular weight is 662 g/mol. The van der Waals surface area contributed by atoms with Gasteiger partial charge in [0, 0.05) is 38.0 Å². The van der Waals surface area contributed by atoms with Gasteiger partial charge in [-0.25, -0.2) is 14.3 Å². The minimum absolute atomic E-state index is 0.0918. The monoisotopic (exact) mass is 661 g/mol. The number of aromatic nitrogens is 4. The van der Waals surface area contributed by atoms with E-state index in [1.54, 1.807) is 14.0 Å². The van der Waals surface area contributed by atoms with Gasteiger partial charge in [-0.3, -0.25) is 33.8 Å². The highest BCUT2D eigenvalue weighted by Crippen LogP contribution is 2.32. The minimum Gasteiger partial charge on any atom is -0.508 e. The summed E-state index contributed by atoms with van der Waals surface area (Å²) in [6.07, 6.45) is 0.280. The van der Waals surface area contributed by atoms with Crippen molar-refractivity contribution in [2.75, 3.05) is 25.4 Å². The van der Waals surface area contributed by atoms with E-state index in [0.29, 0.717) is 4.90 Å². The molecule has 18 nitrogen and oxygen atoms in total. The van der Waals surface area contributed by atoms with Crippen molar-refractivity contribution in [2.45, 2.75) is 29.5 Å². The molecular formula is C25H27N9O9S2. The van der Waals surface area contributed by atoms with Crippen molar-refractivity contribution in [1.82, 2.24) is 45.5 Å². The Kier molecular flexibility index (Phi) is 10.1. The number of nitrogens with zero attached hydrogens (tertiary/aromatic N) is 7. The first-order chi connectivity index (χ1) is 21.4. The van der Waals surface area contributed by atoms with Gasteiger partial charge in [0.2, 0.25) is 11.1 Å². The van der Waals surface area contributed by atoms with Gasteiger partial charge in [-0.05, 0) is 35.0 Å². The van der Waals surface area contributed by atoms with E-state index < -0.39 is 58.8 Å². The number of likely N-dealkylation sites (tertiary alicyclic amines) is 1. The lowest BCUT2D eigenvalue weighted by Crippen LogP contribution is -2.69. The molecule has 0 bridgehead atoms. The first kappa shape index (κ1) is 32.9. The highest BCUT2D eigenvalue weighted by atomic mass is 32.2. The normalized spacial score (nSPS) is 19.4. The molecule has 238 valence electrons. The van der Waals surface area contributed by atoms with Gasteiger partial charge in [0.15, 0.2) is 0 Å². The van der Waals surface area contributed by atoms with Crippen LogP contribution in [0.4, 0.5) is 4.79 Å². The Morgan fingerprint density at radius 1 is 1.16 bits per heavy atom. The molecule has 6 amide bonds. The minimum atomic E-state index is -1.59. The van der Waals surface area contributed by atoms with Crippen LogP contribution in [0.1, 0.15) is 18.5 Å². The van der Waals surface area contributed by atoms with E-state index in [0.717, 1.165) is 16.7 Å². The number of thiol groups is 1. The van der Waals surface area contributed by atoms with Crippen LogP contribution in [0.15, 0.2) is 40.7 Å². The lowest BCUT2D eigenvalue weighted by Gasteiger charge is -2.45. The zero-order chi connectivity index (χ0) is 33.0. The molecule has 1 aromatic carbocycles. The highest BCUT2D eigenvalue weighted by molar-refractivity contribution is 7.99. The van der Waals surface area contributed by atoms with E-state index in [-0.39, 0.29) is 53.7 Å². The van der Waals surface area contributed by atoms with Gasteiger partial charge in [0.25, 0.3) is 5.91 Å². The number of rotatable bonds is 11. The van der Waals surface area contributed by atoms with Gasteiger partial charge < -0.3 is 25.7 Å². The Morgan fingerprint density at radius 3 is 2.40 bits per heavy atom. The SMILES string of the molecule is CCN1CCN(C(=O)N[C@@H](C(=O)N[C@@H]2C(=O)N(C(C(=O)O)=C(C=O)CSc3nnnn3C)[C@@H]2S)c2ccc(O)cc2)C(=O)C1=O. The summed E-state index contributed by atoms with van der Waals surface area (Å²) in [5.74, 6) is -5.76. The Morgan fingerprint density at radius 2 is 1.84 bits per heavy atom. The number of tetrazole rings is 1. The van der Waals surface area contributed by atoms with E-state index in [1.807, 2.05) is 0 Å². The summed E-state index contributed by atoms with van der Waals surface area (Å²) >= 11 is 5.25. The van der Waals surface area contributed by atoms with E-state index >= 15 is 0 Å². The zero-order valence-electron chi connectivity index (χ0n) is 23.7. The molecule has 3 atom stereocenters. The number of carbonyl (C=O) groups excluding carboxylic acids is 6. The summed E-state index contributed by atoms with van der Waals surface area (Å²) in [4.78, 5) is 91.2. The number of β-lactam (4-membered cyclic amide) rings is 1. The third kappa shape index (κ3) is 6.75. The number of piperazine rings is 1. The number of benzene rings is 1. The van der Waals surface area contributed by atoms with Crippen LogP contribution in [0.5, 0.6) is 5.75 Å². The summed E-state index contributed by atoms with van der Waals surface area (Å²) < 4.78 is 1.30. The molecule has 0 aliphatic carbocycles. The second kappa shape index (κ2) is 13.8. The molecule has 45 heavy (non-hydrogen) atoms. The van der Waals surface area contributed by atoms with Crippen LogP contribution >= 0.6 is 24.4 Å². The maximum Gasteiger partial charge on any atom is 0.353 e. The number of aromatic hydroxyl groups is 1. The van der Waals surface area contributed by atoms with Crippen LogP contribution in [0.3, 0.4) is 0 Å². The molecular weight excluding hydrogens is 634 g/mol. The quantitative estimate of drug-likeness (QED) is 0.0450. The Labute approximate surface area is 264 Å². The number of phenolic OH excluding ortho intramolecular Hbond substituents is 1. The number of likely N-dealkylation sites (N-methyl/N-ethyl adjacent to an activating group) is 1. The van der Waals surface area contributed by atoms with Crippen LogP contribution in [-0.4, -0.2) is 124 Å². The number of aldehydes is 1. The average Bonchev–Trinajstić information content (AvgIpc) is 3.43. The van der Waals surface area contributed by atoms with E-state index in [1.165, 1.54) is 33.8 Å². The maximum absolute atomic E-state index is 13.5. The van der Waals surface area contributed by atoms with Crippen molar-refractivity contribution < 1.29 is 43.8 Å². The van der Waals surface area contributed by atoms with Gasteiger partial charge in [0.05, 0.1) is 0 Å². The molecule has 0 saturated carbocycles. The van der Waals surface area contributed by atoms with Gasteiger partial charge in [-0.2, -0.15) is 12.6 Å². The van der Waals surface area contributed by atoms with Gasteiger partial charge >= 0.3 is 23.8 Å². The summed E-state index contributed by atoms with van der Waals surface area (Å²) in [6.45, 7) is 1.91. The van der Waals surface area contributed by atoms with Crippen LogP contribution in [0.25, 0.3) is 0 Å². The first-order valence-electron chi connectivity index (χ1n) is 13.2. The number of hydrogen-bond acceptors (Lipinski definition) is 13. The molecule has 4 rings (SSSR count). The molecule has 0 radical (unpaired) electrons. The third-order valence-electron chi connectivity index (χ3n) is 6.88. The van der Waals surface area contributed by atoms with Gasteiger partial charge in [-0.1, -0.05) is 23.9 Å². The molecule has 3 heterocycles. The molecule has 2 aliphatic rings. The Bertz CT molecular complexity index is 1580. The number of thioether (sulfide) groups is 1. The summed E-state index contributed by atoms with van der Waals surface area (Å²) in [7, 11) is 1.54. The van der Waals surface area contributed by atoms with Crippen molar-refractivity contribution in [3.05, 3.63) is 41.1 Å². The highest BCUT2D eigenvalue weighted by Gasteiger charge is 2.51. The number of hydrogen-bond donors (Lipinski definition) is 5. The predicted molar refractivity (Wildman–Crippen MR) is 155 cm³/mol. The number of amides is 6. The number of aliphatic carboxylic acids is 1. The van der Waals surface area contributed by atoms with Crippen molar-refractivity contribution >= 4 is 66.3 Å². The first-order valence-corrected chi connectivity index (χ1v) is 14.7. The number of urea groups is 1. The number of imide groups is 1. The van der Waals surface area contributed by atoms with Crippen LogP contribution in [-0.2, 0) is 35.8 Å². The topological polar surface area (TPSA) is 237 Å². The Balaban J connectivity index is 1.52. The van der Waals surface area contributed by atoms with Crippen LogP contribution in [0, 0.1) is 0 Å². The molecule has 1 aromatic heterocycles. The Hall–Kier alpha value is -4.98. The number of carboxylic acid groups (broad SMARTS) is 1. The van der Waals surface area contributed by atoms with Crippen LogP contribution < -0.4 is 10.6 Å². The molecule has 2 saturated heterocycles. The molecule has 2 fully saturated rings. The van der Waals surface area contributed by atoms with E-state index in [2.05, 4.69) is 38.8 Å². The molecule has 4 N–H and O–H groups in total. The molecule has 20 heteroatoms. The van der Waals surface area contributed by atoms with Crippen molar-refractivity contribution in [1.29, 1.82) is 0 Å². The zero-order valence-corrected chi connectivity index (χ0v) is 25.4. The van der Waals surface area contributed by atoms with E-state index in [9.17, 15) is 43.8 Å². The number of nitrogens with one attached hydrogen (secondary N) is 2. The number of carboxylic acids is 1.